The number of rotatable bonds is 7. The van der Waals surface area contributed by atoms with Crippen molar-refractivity contribution < 1.29 is 4.12 Å². The van der Waals surface area contributed by atoms with Crippen molar-refractivity contribution in [1.82, 2.24) is 0 Å². The Kier molecular flexibility index (Phi) is 5.92. The maximum atomic E-state index is 7.30. The van der Waals surface area contributed by atoms with Crippen LogP contribution in [0.3, 0.4) is 0 Å². The fourth-order valence-corrected chi connectivity index (χ4v) is 13.1. The minimum absolute atomic E-state index is 1.17. The zero-order valence-electron chi connectivity index (χ0n) is 16.0. The second-order valence-corrected chi connectivity index (χ2v) is 15.3. The lowest BCUT2D eigenvalue weighted by molar-refractivity contribution is 0.565. The molecule has 0 spiro atoms. The summed E-state index contributed by atoms with van der Waals surface area (Å²) in [6.45, 7) is 7.00. The first kappa shape index (κ1) is 18.8. The van der Waals surface area contributed by atoms with E-state index in [9.17, 15) is 0 Å². The first-order valence-corrected chi connectivity index (χ1v) is 14.5. The summed E-state index contributed by atoms with van der Waals surface area (Å²) in [6.07, 6.45) is 1.17. The lowest BCUT2D eigenvalue weighted by atomic mass is 10.3. The topological polar surface area (TPSA) is 9.23 Å². The van der Waals surface area contributed by atoms with Crippen molar-refractivity contribution in [3.8, 4) is 0 Å². The average molecular weight is 377 g/mol. The monoisotopic (exact) mass is 376 g/mol. The number of hydrogen-bond acceptors (Lipinski definition) is 1. The van der Waals surface area contributed by atoms with Crippen LogP contribution in [0.4, 0.5) is 0 Å². The van der Waals surface area contributed by atoms with Gasteiger partial charge in [0.1, 0.15) is 0 Å². The molecule has 0 atom stereocenters. The Hall–Kier alpha value is -1.95. The SMILES string of the molecule is CCC[Si](C)(C)O[Si](c1ccccc1)(c1ccccc1)c1ccccc1. The van der Waals surface area contributed by atoms with Gasteiger partial charge in [0.2, 0.25) is 0 Å². The van der Waals surface area contributed by atoms with Crippen LogP contribution in [0.15, 0.2) is 91.0 Å². The lowest BCUT2D eigenvalue weighted by Gasteiger charge is -2.40. The van der Waals surface area contributed by atoms with Crippen LogP contribution in [0.5, 0.6) is 0 Å². The molecule has 0 heterocycles. The second-order valence-electron chi connectivity index (χ2n) is 7.39. The molecule has 3 aromatic carbocycles. The van der Waals surface area contributed by atoms with Crippen LogP contribution in [-0.4, -0.2) is 16.6 Å². The summed E-state index contributed by atoms with van der Waals surface area (Å²) < 4.78 is 7.30. The Morgan fingerprint density at radius 2 is 0.962 bits per heavy atom. The molecule has 0 aliphatic rings. The van der Waals surface area contributed by atoms with E-state index in [0.717, 1.165) is 0 Å². The number of hydrogen-bond donors (Lipinski definition) is 0. The van der Waals surface area contributed by atoms with Crippen LogP contribution in [0, 0.1) is 0 Å². The Bertz CT molecular complexity index is 705. The van der Waals surface area contributed by atoms with Gasteiger partial charge in [-0.1, -0.05) is 104 Å². The van der Waals surface area contributed by atoms with E-state index in [1.165, 1.54) is 28.0 Å². The Morgan fingerprint density at radius 1 is 0.615 bits per heavy atom. The van der Waals surface area contributed by atoms with Gasteiger partial charge in [-0.3, -0.25) is 0 Å². The summed E-state index contributed by atoms with van der Waals surface area (Å²) in [5, 5.41) is 3.98. The predicted octanol–water partition coefficient (Wildman–Crippen LogP) is 4.29. The molecule has 3 heteroatoms. The minimum Gasteiger partial charge on any atom is -0.446 e. The highest BCUT2D eigenvalue weighted by Gasteiger charge is 2.45. The van der Waals surface area contributed by atoms with Gasteiger partial charge in [0.05, 0.1) is 0 Å². The van der Waals surface area contributed by atoms with Gasteiger partial charge in [0.25, 0.3) is 8.32 Å². The summed E-state index contributed by atoms with van der Waals surface area (Å²) in [6, 6.07) is 33.8. The molecule has 0 aliphatic heterocycles. The molecule has 134 valence electrons. The van der Waals surface area contributed by atoms with Gasteiger partial charge in [-0.05, 0) is 34.7 Å². The Balaban J connectivity index is 2.28. The highest BCUT2D eigenvalue weighted by molar-refractivity contribution is 7.10. The van der Waals surface area contributed by atoms with E-state index in [2.05, 4.69) is 111 Å². The van der Waals surface area contributed by atoms with Crippen molar-refractivity contribution in [1.29, 1.82) is 0 Å². The molecule has 0 bridgehead atoms. The smallest absolute Gasteiger partial charge is 0.278 e. The van der Waals surface area contributed by atoms with E-state index in [4.69, 9.17) is 4.12 Å². The molecule has 0 amide bonds. The second kappa shape index (κ2) is 8.17. The van der Waals surface area contributed by atoms with Crippen molar-refractivity contribution in [3.63, 3.8) is 0 Å². The summed E-state index contributed by atoms with van der Waals surface area (Å²) in [7, 11) is -4.36. The molecule has 3 aromatic rings. The van der Waals surface area contributed by atoms with E-state index in [1.807, 2.05) is 0 Å². The van der Waals surface area contributed by atoms with Crippen molar-refractivity contribution in [2.24, 2.45) is 0 Å². The molecule has 0 aromatic heterocycles. The highest BCUT2D eigenvalue weighted by Crippen LogP contribution is 2.21. The van der Waals surface area contributed by atoms with Gasteiger partial charge in [0, 0.05) is 0 Å². The van der Waals surface area contributed by atoms with E-state index >= 15 is 0 Å². The predicted molar refractivity (Wildman–Crippen MR) is 118 cm³/mol. The number of benzene rings is 3. The molecular weight excluding hydrogens is 348 g/mol. The van der Waals surface area contributed by atoms with Gasteiger partial charge < -0.3 is 4.12 Å². The Morgan fingerprint density at radius 3 is 1.27 bits per heavy atom. The van der Waals surface area contributed by atoms with Crippen LogP contribution in [0.1, 0.15) is 13.3 Å². The maximum Gasteiger partial charge on any atom is 0.278 e. The van der Waals surface area contributed by atoms with Crippen LogP contribution < -0.4 is 15.6 Å². The standard InChI is InChI=1S/C23H28OSi2/c1-4-20-25(2,3)24-26(21-14-8-5-9-15-21,22-16-10-6-11-17-22)23-18-12-7-13-19-23/h5-19H,4,20H2,1-3H3. The average Bonchev–Trinajstić information content (AvgIpc) is 2.68. The molecule has 26 heavy (non-hydrogen) atoms. The normalized spacial score (nSPS) is 12.1. The quantitative estimate of drug-likeness (QED) is 0.442. The zero-order chi connectivity index (χ0) is 18.5. The van der Waals surface area contributed by atoms with Crippen molar-refractivity contribution >= 4 is 32.2 Å². The zero-order valence-corrected chi connectivity index (χ0v) is 18.0. The third-order valence-electron chi connectivity index (χ3n) is 4.82. The molecule has 0 saturated carbocycles. The first-order chi connectivity index (χ1) is 12.6. The molecule has 1 nitrogen and oxygen atoms in total. The molecule has 0 fully saturated rings. The lowest BCUT2D eigenvalue weighted by Crippen LogP contribution is -2.72. The van der Waals surface area contributed by atoms with Gasteiger partial charge in [-0.25, -0.2) is 0 Å². The minimum atomic E-state index is -2.53. The van der Waals surface area contributed by atoms with E-state index in [-0.39, 0.29) is 0 Å². The molecule has 0 unspecified atom stereocenters. The highest BCUT2D eigenvalue weighted by atomic mass is 28.4. The largest absolute Gasteiger partial charge is 0.446 e. The third-order valence-corrected chi connectivity index (χ3v) is 13.4. The maximum absolute atomic E-state index is 7.30. The van der Waals surface area contributed by atoms with Crippen LogP contribution >= 0.6 is 0 Å². The van der Waals surface area contributed by atoms with E-state index in [0.29, 0.717) is 0 Å². The van der Waals surface area contributed by atoms with Crippen molar-refractivity contribution in [2.75, 3.05) is 0 Å². The fourth-order valence-electron chi connectivity index (χ4n) is 3.76. The van der Waals surface area contributed by atoms with Crippen molar-refractivity contribution in [3.05, 3.63) is 91.0 Å². The summed E-state index contributed by atoms with van der Waals surface area (Å²) in [5.41, 5.74) is 0. The van der Waals surface area contributed by atoms with Gasteiger partial charge in [0.15, 0.2) is 8.32 Å². The van der Waals surface area contributed by atoms with E-state index < -0.39 is 16.6 Å². The summed E-state index contributed by atoms with van der Waals surface area (Å²) in [4.78, 5) is 0. The molecule has 0 radical (unpaired) electrons. The Labute approximate surface area is 159 Å². The van der Waals surface area contributed by atoms with Crippen LogP contribution in [0.25, 0.3) is 0 Å². The fraction of sp³-hybridized carbons (Fsp3) is 0.217. The molecule has 0 N–H and O–H groups in total. The third kappa shape index (κ3) is 3.90. The molecule has 0 saturated heterocycles. The summed E-state index contributed by atoms with van der Waals surface area (Å²) in [5.74, 6) is 0. The molecule has 0 aliphatic carbocycles. The summed E-state index contributed by atoms with van der Waals surface area (Å²) >= 11 is 0. The van der Waals surface area contributed by atoms with Gasteiger partial charge in [-0.2, -0.15) is 0 Å². The van der Waals surface area contributed by atoms with Gasteiger partial charge in [-0.15, -0.1) is 0 Å². The van der Waals surface area contributed by atoms with E-state index in [1.54, 1.807) is 0 Å². The first-order valence-electron chi connectivity index (χ1n) is 9.45. The van der Waals surface area contributed by atoms with Crippen LogP contribution in [-0.2, 0) is 4.12 Å². The molecular formula is C23H28OSi2. The van der Waals surface area contributed by atoms with Crippen LogP contribution in [0.2, 0.25) is 19.1 Å². The van der Waals surface area contributed by atoms with Gasteiger partial charge >= 0.3 is 0 Å². The molecule has 3 rings (SSSR count). The van der Waals surface area contributed by atoms with Crippen molar-refractivity contribution in [2.45, 2.75) is 32.5 Å².